The van der Waals surface area contributed by atoms with Crippen molar-refractivity contribution in [2.24, 2.45) is 0 Å². The number of carbonyl (C=O) groups is 1. The highest BCUT2D eigenvalue weighted by atomic mass is 32.2. The van der Waals surface area contributed by atoms with Gasteiger partial charge in [0.15, 0.2) is 0 Å². The van der Waals surface area contributed by atoms with E-state index in [1.54, 1.807) is 0 Å². The Labute approximate surface area is 112 Å². The summed E-state index contributed by atoms with van der Waals surface area (Å²) in [5.41, 5.74) is -1.06. The molecule has 2 N–H and O–H groups in total. The summed E-state index contributed by atoms with van der Waals surface area (Å²) in [5.74, 6) is -0.522. The van der Waals surface area contributed by atoms with E-state index in [2.05, 4.69) is 4.72 Å². The van der Waals surface area contributed by atoms with Crippen LogP contribution < -0.4 is 9.46 Å². The zero-order valence-electron chi connectivity index (χ0n) is 11.0. The zero-order chi connectivity index (χ0) is 14.7. The summed E-state index contributed by atoms with van der Waals surface area (Å²) in [4.78, 5) is 10.7. The lowest BCUT2D eigenvalue weighted by Gasteiger charge is -2.23. The van der Waals surface area contributed by atoms with Crippen LogP contribution in [0.1, 0.15) is 20.3 Å². The second-order valence-corrected chi connectivity index (χ2v) is 6.42. The molecule has 0 aliphatic carbocycles. The van der Waals surface area contributed by atoms with Gasteiger partial charge < -0.3 is 9.84 Å². The topological polar surface area (TPSA) is 92.7 Å². The normalized spacial score (nSPS) is 12.2. The van der Waals surface area contributed by atoms with Gasteiger partial charge in [-0.15, -0.1) is 0 Å². The number of benzene rings is 1. The molecule has 7 heteroatoms. The van der Waals surface area contributed by atoms with E-state index >= 15 is 0 Å². The van der Waals surface area contributed by atoms with Gasteiger partial charge in [0.25, 0.3) is 0 Å². The van der Waals surface area contributed by atoms with Crippen LogP contribution in [0, 0.1) is 0 Å². The minimum Gasteiger partial charge on any atom is -0.497 e. The van der Waals surface area contributed by atoms with Gasteiger partial charge in [0.1, 0.15) is 5.75 Å². The molecule has 0 heterocycles. The first-order valence-corrected chi connectivity index (χ1v) is 7.04. The van der Waals surface area contributed by atoms with E-state index in [0.29, 0.717) is 5.75 Å². The molecular formula is C12H17NO5S. The Morgan fingerprint density at radius 2 is 1.84 bits per heavy atom. The van der Waals surface area contributed by atoms with Gasteiger partial charge in [-0.05, 0) is 38.1 Å². The second-order valence-electron chi connectivity index (χ2n) is 4.74. The average Bonchev–Trinajstić information content (AvgIpc) is 2.25. The van der Waals surface area contributed by atoms with Gasteiger partial charge in [0.05, 0.1) is 18.4 Å². The van der Waals surface area contributed by atoms with Crippen LogP contribution in [0.15, 0.2) is 29.2 Å². The minimum absolute atomic E-state index is 0.0618. The Kier molecular flexibility index (Phi) is 4.54. The molecule has 0 saturated heterocycles. The highest BCUT2D eigenvalue weighted by Crippen LogP contribution is 2.18. The van der Waals surface area contributed by atoms with Crippen molar-refractivity contribution >= 4 is 16.0 Å². The van der Waals surface area contributed by atoms with Gasteiger partial charge >= 0.3 is 5.97 Å². The number of carboxylic acids is 1. The maximum absolute atomic E-state index is 12.1. The highest BCUT2D eigenvalue weighted by molar-refractivity contribution is 7.89. The Bertz CT molecular complexity index is 548. The van der Waals surface area contributed by atoms with Gasteiger partial charge in [-0.1, -0.05) is 0 Å². The van der Waals surface area contributed by atoms with E-state index in [9.17, 15) is 13.2 Å². The maximum atomic E-state index is 12.1. The molecule has 0 unspecified atom stereocenters. The van der Waals surface area contributed by atoms with Crippen molar-refractivity contribution in [3.63, 3.8) is 0 Å². The van der Waals surface area contributed by atoms with Crippen LogP contribution >= 0.6 is 0 Å². The molecule has 1 aromatic rings. The fraction of sp³-hybridized carbons (Fsp3) is 0.417. The number of nitrogens with one attached hydrogen (secondary N) is 1. The van der Waals surface area contributed by atoms with E-state index in [-0.39, 0.29) is 11.3 Å². The first kappa shape index (κ1) is 15.5. The Balaban J connectivity index is 2.94. The minimum atomic E-state index is -3.76. The van der Waals surface area contributed by atoms with Crippen molar-refractivity contribution in [3.8, 4) is 5.75 Å². The van der Waals surface area contributed by atoms with Crippen molar-refractivity contribution in [3.05, 3.63) is 24.3 Å². The summed E-state index contributed by atoms with van der Waals surface area (Å²) >= 11 is 0. The quantitative estimate of drug-likeness (QED) is 0.820. The molecule has 106 valence electrons. The molecule has 19 heavy (non-hydrogen) atoms. The molecule has 1 rings (SSSR count). The summed E-state index contributed by atoms with van der Waals surface area (Å²) in [6, 6.07) is 5.85. The fourth-order valence-electron chi connectivity index (χ4n) is 1.59. The van der Waals surface area contributed by atoms with Gasteiger partial charge in [-0.2, -0.15) is 0 Å². The number of hydrogen-bond donors (Lipinski definition) is 2. The summed E-state index contributed by atoms with van der Waals surface area (Å²) in [6.45, 7) is 3.03. The van der Waals surface area contributed by atoms with Crippen molar-refractivity contribution < 1.29 is 23.1 Å². The van der Waals surface area contributed by atoms with Crippen molar-refractivity contribution in [1.82, 2.24) is 4.72 Å². The third-order valence-corrected chi connectivity index (χ3v) is 4.09. The van der Waals surface area contributed by atoms with Gasteiger partial charge in [0, 0.05) is 5.54 Å². The molecule has 0 aliphatic rings. The third kappa shape index (κ3) is 4.53. The van der Waals surface area contributed by atoms with E-state index in [0.717, 1.165) is 0 Å². The van der Waals surface area contributed by atoms with E-state index in [1.807, 2.05) is 0 Å². The van der Waals surface area contributed by atoms with Gasteiger partial charge in [-0.3, -0.25) is 4.79 Å². The lowest BCUT2D eigenvalue weighted by molar-refractivity contribution is -0.138. The molecule has 0 radical (unpaired) electrons. The molecule has 0 saturated carbocycles. The zero-order valence-corrected chi connectivity index (χ0v) is 11.8. The summed E-state index contributed by atoms with van der Waals surface area (Å²) in [6.07, 6.45) is -0.303. The first-order valence-electron chi connectivity index (χ1n) is 5.56. The fourth-order valence-corrected chi connectivity index (χ4v) is 3.00. The predicted molar refractivity (Wildman–Crippen MR) is 69.6 cm³/mol. The Morgan fingerprint density at radius 3 is 2.26 bits per heavy atom. The van der Waals surface area contributed by atoms with E-state index in [1.165, 1.54) is 45.2 Å². The summed E-state index contributed by atoms with van der Waals surface area (Å²) in [7, 11) is -2.27. The molecule has 0 fully saturated rings. The molecule has 0 bridgehead atoms. The third-order valence-electron chi connectivity index (χ3n) is 2.37. The lowest BCUT2D eigenvalue weighted by Crippen LogP contribution is -2.44. The second kappa shape index (κ2) is 5.58. The highest BCUT2D eigenvalue weighted by Gasteiger charge is 2.28. The Hall–Kier alpha value is -1.60. The molecule has 0 atom stereocenters. The van der Waals surface area contributed by atoms with E-state index in [4.69, 9.17) is 9.84 Å². The lowest BCUT2D eigenvalue weighted by atomic mass is 10.0. The molecule has 0 spiro atoms. The molecule has 0 aliphatic heterocycles. The van der Waals surface area contributed by atoms with Gasteiger partial charge in [0.2, 0.25) is 10.0 Å². The average molecular weight is 287 g/mol. The standard InChI is InChI=1S/C12H17NO5S/c1-12(2,8-11(14)15)13-19(16,17)10-6-4-9(18-3)5-7-10/h4-7,13H,8H2,1-3H3,(H,14,15). The van der Waals surface area contributed by atoms with Crippen LogP contribution in [0.3, 0.4) is 0 Å². The summed E-state index contributed by atoms with van der Waals surface area (Å²) < 4.78 is 31.5. The van der Waals surface area contributed by atoms with E-state index < -0.39 is 21.5 Å². The van der Waals surface area contributed by atoms with Crippen LogP contribution in [-0.2, 0) is 14.8 Å². The smallest absolute Gasteiger partial charge is 0.305 e. The SMILES string of the molecule is COc1ccc(S(=O)(=O)NC(C)(C)CC(=O)O)cc1. The monoisotopic (exact) mass is 287 g/mol. The van der Waals surface area contributed by atoms with Crippen molar-refractivity contribution in [1.29, 1.82) is 0 Å². The van der Waals surface area contributed by atoms with Crippen molar-refractivity contribution in [2.75, 3.05) is 7.11 Å². The molecule has 0 amide bonds. The first-order chi connectivity index (χ1) is 8.66. The van der Waals surface area contributed by atoms with Crippen LogP contribution in [0.5, 0.6) is 5.75 Å². The molecule has 1 aromatic carbocycles. The van der Waals surface area contributed by atoms with Crippen LogP contribution in [0.2, 0.25) is 0 Å². The molecule has 6 nitrogen and oxygen atoms in total. The van der Waals surface area contributed by atoms with Crippen LogP contribution in [-0.4, -0.2) is 32.1 Å². The Morgan fingerprint density at radius 1 is 1.32 bits per heavy atom. The van der Waals surface area contributed by atoms with Crippen molar-refractivity contribution in [2.45, 2.75) is 30.7 Å². The van der Waals surface area contributed by atoms with Gasteiger partial charge in [-0.25, -0.2) is 13.1 Å². The largest absolute Gasteiger partial charge is 0.497 e. The maximum Gasteiger partial charge on any atom is 0.305 e. The number of methoxy groups -OCH3 is 1. The molecule has 0 aromatic heterocycles. The number of carboxylic acid groups (broad SMARTS) is 1. The van der Waals surface area contributed by atoms with Crippen LogP contribution in [0.4, 0.5) is 0 Å². The number of rotatable bonds is 6. The number of aliphatic carboxylic acids is 1. The summed E-state index contributed by atoms with van der Waals surface area (Å²) in [5, 5.41) is 8.73. The van der Waals surface area contributed by atoms with Crippen LogP contribution in [0.25, 0.3) is 0 Å². The number of hydrogen-bond acceptors (Lipinski definition) is 4. The molecular weight excluding hydrogens is 270 g/mol. The number of sulfonamides is 1. The predicted octanol–water partition coefficient (Wildman–Crippen LogP) is 1.23. The number of ether oxygens (including phenoxy) is 1.